The number of nitrogens with zero attached hydrogens (tertiary/aromatic N) is 6. The number of hydrogen-bond acceptors (Lipinski definition) is 18. The summed E-state index contributed by atoms with van der Waals surface area (Å²) in [4.78, 5) is 105. The molecular formula is C54H68N10O18P3+. The number of hydrogen-bond donors (Lipinski definition) is 9. The van der Waals surface area contributed by atoms with E-state index in [-0.39, 0.29) is 66.6 Å². The lowest BCUT2D eigenvalue weighted by atomic mass is 9.83. The Morgan fingerprint density at radius 2 is 1.61 bits per heavy atom. The van der Waals surface area contributed by atoms with Crippen LogP contribution in [0.5, 0.6) is 11.5 Å². The van der Waals surface area contributed by atoms with Gasteiger partial charge in [-0.2, -0.15) is 13.6 Å². The lowest BCUT2D eigenvalue weighted by Crippen LogP contribution is -2.49. The Labute approximate surface area is 487 Å². The van der Waals surface area contributed by atoms with E-state index in [2.05, 4.69) is 140 Å². The monoisotopic (exact) mass is 1240 g/mol. The van der Waals surface area contributed by atoms with Gasteiger partial charge in [-0.1, -0.05) is 24.3 Å². The number of carbonyl (C=O) groups excluding carboxylic acids is 3. The number of alkyl carbamates (subject to hydrolysis) is 1. The summed E-state index contributed by atoms with van der Waals surface area (Å²) in [5, 5.41) is 18.3. The fourth-order valence-corrected chi connectivity index (χ4v) is 14.6. The number of anilines is 2. The van der Waals surface area contributed by atoms with Gasteiger partial charge in [0.2, 0.25) is 17.2 Å². The Bertz CT molecular complexity index is 3950. The fraction of sp³-hybridized carbons (Fsp3) is 0.426. The number of phosphoric ester groups is 1. The van der Waals surface area contributed by atoms with E-state index in [1.165, 1.54) is 0 Å². The molecule has 85 heavy (non-hydrogen) atoms. The molecule has 9 rings (SSSR count). The zero-order valence-electron chi connectivity index (χ0n) is 48.0. The summed E-state index contributed by atoms with van der Waals surface area (Å²) < 4.78 is 69.2. The number of amides is 3. The highest BCUT2D eigenvalue weighted by Gasteiger charge is 2.50. The van der Waals surface area contributed by atoms with Crippen LogP contribution >= 0.6 is 23.5 Å². The van der Waals surface area contributed by atoms with E-state index in [0.717, 1.165) is 73.7 Å². The molecule has 6 heterocycles. The average Bonchev–Trinajstić information content (AvgIpc) is 1.37. The fourth-order valence-electron chi connectivity index (χ4n) is 11.6. The van der Waals surface area contributed by atoms with E-state index >= 15 is 0 Å². The number of imidazole rings is 1. The zero-order valence-corrected chi connectivity index (χ0v) is 50.6. The van der Waals surface area contributed by atoms with E-state index in [4.69, 9.17) is 29.7 Å². The molecule has 28 nitrogen and oxygen atoms in total. The molecule has 4 aliphatic rings. The highest BCUT2D eigenvalue weighted by molar-refractivity contribution is 7.66. The van der Waals surface area contributed by atoms with Gasteiger partial charge in [-0.3, -0.25) is 28.5 Å². The first-order valence-corrected chi connectivity index (χ1v) is 31.6. The number of carbonyl (C=O) groups is 3. The van der Waals surface area contributed by atoms with E-state index in [9.17, 15) is 47.8 Å². The van der Waals surface area contributed by atoms with Crippen LogP contribution in [0, 0.1) is 0 Å². The number of aliphatic hydroxyl groups excluding tert-OH is 1. The van der Waals surface area contributed by atoms with Gasteiger partial charge >= 0.3 is 29.6 Å². The van der Waals surface area contributed by atoms with Gasteiger partial charge in [0.25, 0.3) is 11.5 Å². The van der Waals surface area contributed by atoms with E-state index < -0.39 is 72.2 Å². The van der Waals surface area contributed by atoms with Crippen molar-refractivity contribution in [2.45, 2.75) is 104 Å². The number of rotatable bonds is 20. The molecule has 0 saturated carbocycles. The van der Waals surface area contributed by atoms with Crippen molar-refractivity contribution < 1.29 is 80.1 Å². The quantitative estimate of drug-likeness (QED) is 0.0294. The maximum absolute atomic E-state index is 14.7. The van der Waals surface area contributed by atoms with Gasteiger partial charge in [-0.05, 0) is 88.9 Å². The van der Waals surface area contributed by atoms with Crippen LogP contribution in [-0.4, -0.2) is 143 Å². The first kappa shape index (κ1) is 62.6. The lowest BCUT2D eigenvalue weighted by Gasteiger charge is -2.43. The number of fused-ring (bicyclic) bond motifs is 5. The Kier molecular flexibility index (Phi) is 17.5. The predicted molar refractivity (Wildman–Crippen MR) is 310 cm³/mol. The number of benzene rings is 3. The molecule has 2 unspecified atom stereocenters. The molecule has 0 bridgehead atoms. The number of aromatic nitrogens is 4. The molecule has 0 spiro atoms. The van der Waals surface area contributed by atoms with Gasteiger partial charge in [0.15, 0.2) is 29.0 Å². The van der Waals surface area contributed by atoms with Gasteiger partial charge in [-0.25, -0.2) is 28.0 Å². The summed E-state index contributed by atoms with van der Waals surface area (Å²) in [5.41, 5.74) is 12.3. The van der Waals surface area contributed by atoms with Crippen LogP contribution in [0.15, 0.2) is 71.8 Å². The van der Waals surface area contributed by atoms with Gasteiger partial charge in [-0.15, -0.1) is 0 Å². The van der Waals surface area contributed by atoms with Gasteiger partial charge in [0, 0.05) is 98.3 Å². The van der Waals surface area contributed by atoms with Gasteiger partial charge < -0.3 is 65.1 Å². The third-order valence-electron chi connectivity index (χ3n) is 15.0. The van der Waals surface area contributed by atoms with Crippen LogP contribution in [0.1, 0.15) is 107 Å². The zero-order chi connectivity index (χ0) is 61.9. The third kappa shape index (κ3) is 13.1. The Morgan fingerprint density at radius 1 is 0.906 bits per heavy atom. The molecule has 3 amide bonds. The highest BCUT2D eigenvalue weighted by atomic mass is 31.3. The largest absolute Gasteiger partial charge is 0.490 e. The molecule has 10 N–H and O–H groups in total. The smallest absolute Gasteiger partial charge is 0.456 e. The maximum Gasteiger partial charge on any atom is 0.490 e. The molecule has 1 fully saturated rings. The van der Waals surface area contributed by atoms with Gasteiger partial charge in [0.05, 0.1) is 24.5 Å². The molecule has 0 radical (unpaired) electrons. The molecule has 6 atom stereocenters. The lowest BCUT2D eigenvalue weighted by molar-refractivity contribution is -0.121. The number of H-pyrrole nitrogens is 1. The van der Waals surface area contributed by atoms with Crippen molar-refractivity contribution >= 4 is 80.9 Å². The Hall–Kier alpha value is -6.90. The summed E-state index contributed by atoms with van der Waals surface area (Å²) in [5.74, 6) is 0.334. The maximum atomic E-state index is 14.7. The molecule has 5 aromatic rings. The van der Waals surface area contributed by atoms with Crippen LogP contribution < -0.4 is 46.7 Å². The predicted octanol–water partition coefficient (Wildman–Crippen LogP) is 4.15. The minimum Gasteiger partial charge on any atom is -0.456 e. The molecule has 0 aliphatic carbocycles. The van der Waals surface area contributed by atoms with Crippen LogP contribution in [0.3, 0.4) is 0 Å². The first-order valence-electron chi connectivity index (χ1n) is 27.1. The molecule has 4 aliphatic heterocycles. The van der Waals surface area contributed by atoms with E-state index in [0.29, 0.717) is 22.6 Å². The van der Waals surface area contributed by atoms with Crippen LogP contribution in [0.25, 0.3) is 27.9 Å². The average molecular weight is 1240 g/mol. The minimum atomic E-state index is -5.91. The Balaban J connectivity index is 0.864. The SMILES string of the molecule is CCN1c2cc3c(cc2C(C)=CC1(C)C)C(c1ccccc1C(=O)N(C)CCCC(=O)NCCNC(=O)O[C@@H]1[C@H](O)[C@@H](COP(=O)(O)OP(=O)(O)OP(=O)(O)O)O[C@H]1n1cnc2c(=O)[nH]c(N)nc21)=c1cc2c(cc1O3)=[N+](CC)C(C)(C)C=C2C. The minimum absolute atomic E-state index is 0.00164. The number of phosphoric acid groups is 3. The molecule has 2 aromatic heterocycles. The van der Waals surface area contributed by atoms with Crippen molar-refractivity contribution in [1.29, 1.82) is 0 Å². The van der Waals surface area contributed by atoms with Gasteiger partial charge in [0.1, 0.15) is 30.3 Å². The number of nitrogens with two attached hydrogens (primary N) is 1. The third-order valence-corrected chi connectivity index (χ3v) is 18.8. The van der Waals surface area contributed by atoms with E-state index in [1.807, 2.05) is 24.3 Å². The first-order chi connectivity index (χ1) is 39.8. The molecular weight excluding hydrogens is 1170 g/mol. The van der Waals surface area contributed by atoms with Crippen molar-refractivity contribution in [3.8, 4) is 11.5 Å². The highest BCUT2D eigenvalue weighted by Crippen LogP contribution is 2.66. The second-order valence-electron chi connectivity index (χ2n) is 21.9. The number of nitrogens with one attached hydrogen (secondary N) is 3. The second-order valence-corrected chi connectivity index (χ2v) is 26.3. The summed E-state index contributed by atoms with van der Waals surface area (Å²) in [7, 11) is -15.6. The number of aliphatic hydroxyl groups is 1. The summed E-state index contributed by atoms with van der Waals surface area (Å²) in [6.07, 6.45) is -2.32. The molecule has 456 valence electrons. The second kappa shape index (κ2) is 23.8. The topological polar surface area (TPSA) is 382 Å². The van der Waals surface area contributed by atoms with Crippen LogP contribution in [-0.2, 0) is 41.1 Å². The molecule has 31 heteroatoms. The van der Waals surface area contributed by atoms with Crippen molar-refractivity contribution in [1.82, 2.24) is 39.6 Å². The number of ether oxygens (including phenoxy) is 3. The summed E-state index contributed by atoms with van der Waals surface area (Å²) in [6.45, 7) is 17.6. The number of likely N-dealkylation sites (N-methyl/N-ethyl adjacent to an activating group) is 2. The van der Waals surface area contributed by atoms with Crippen LogP contribution in [0.4, 0.5) is 16.4 Å². The van der Waals surface area contributed by atoms with Crippen molar-refractivity contribution in [3.05, 3.63) is 116 Å². The number of allylic oxidation sites excluding steroid dienone is 2. The molecule has 1 saturated heterocycles. The summed E-state index contributed by atoms with van der Waals surface area (Å²) >= 11 is 0. The Morgan fingerprint density at radius 3 is 2.32 bits per heavy atom. The standard InChI is InChI=1S/C54H67N10O18P3/c1-10-63-37-23-39-35(21-33(37)29(3)25-53(63,5)6)43(36-22-34-30(4)26-54(7,8)64(11-2)38(34)24-40(36)78-39)31-15-12-13-16-32(31)49(68)61(9)20-14-17-42(65)56-18-19-57-52(69)80-46-45(66)41(27-77-84(73,74)82-85(75,76)81-83(70,71)72)79-50(46)62-28-58-44-47(62)59-51(55)60-48(44)67/h12-13,15-16,21-26,28,41,45-46,50,66H,10-11,14,17-20,27H2,1-9H3,(H8-,55,56,57,59,60,65,67,69,70,71,72,73,74,75,76)/p+1/t41-,45-,46-,50-/m1/s1. The number of nitrogen functional groups attached to an aromatic ring is 1. The van der Waals surface area contributed by atoms with Crippen molar-refractivity contribution in [2.75, 3.05) is 57.0 Å². The van der Waals surface area contributed by atoms with Crippen molar-refractivity contribution in [2.24, 2.45) is 0 Å². The van der Waals surface area contributed by atoms with Crippen LogP contribution in [0.2, 0.25) is 0 Å². The summed E-state index contributed by atoms with van der Waals surface area (Å²) in [6, 6.07) is 16.1. The molecule has 3 aromatic carbocycles. The van der Waals surface area contributed by atoms with E-state index in [1.54, 1.807) is 11.9 Å². The normalized spacial score (nSPS) is 20.8. The number of aromatic amines is 1. The van der Waals surface area contributed by atoms with Crippen molar-refractivity contribution in [3.63, 3.8) is 0 Å².